The lowest BCUT2D eigenvalue weighted by molar-refractivity contribution is 0.102. The number of nitrogen functional groups attached to an aromatic ring is 1. The molecule has 28 heavy (non-hydrogen) atoms. The first-order valence-corrected chi connectivity index (χ1v) is 9.32. The van der Waals surface area contributed by atoms with Gasteiger partial charge in [0.15, 0.2) is 0 Å². The summed E-state index contributed by atoms with van der Waals surface area (Å²) in [6.45, 7) is 3.35. The van der Waals surface area contributed by atoms with Crippen molar-refractivity contribution >= 4 is 42.1 Å². The molecular weight excluding hydrogens is 397 g/mol. The number of likely N-dealkylation sites (tertiary alicyclic amines) is 1. The van der Waals surface area contributed by atoms with Gasteiger partial charge in [-0.15, -0.1) is 24.8 Å². The molecule has 1 saturated carbocycles. The van der Waals surface area contributed by atoms with Gasteiger partial charge in [-0.25, -0.2) is 0 Å². The van der Waals surface area contributed by atoms with Crippen molar-refractivity contribution < 1.29 is 9.53 Å². The molecule has 1 aliphatic heterocycles. The molecule has 5 nitrogen and oxygen atoms in total. The highest BCUT2D eigenvalue weighted by Gasteiger charge is 2.29. The van der Waals surface area contributed by atoms with Crippen LogP contribution in [0.1, 0.15) is 29.6 Å². The number of hydrogen-bond acceptors (Lipinski definition) is 4. The predicted molar refractivity (Wildman–Crippen MR) is 118 cm³/mol. The highest BCUT2D eigenvalue weighted by molar-refractivity contribution is 6.05. The van der Waals surface area contributed by atoms with Gasteiger partial charge in [0.05, 0.1) is 11.4 Å². The summed E-state index contributed by atoms with van der Waals surface area (Å²) in [4.78, 5) is 14.9. The lowest BCUT2D eigenvalue weighted by atomic mass is 10.2. The normalized spacial score (nSPS) is 18.6. The molecular formula is C21H27Cl2N3O2. The molecule has 4 rings (SSSR count). The molecule has 1 atom stereocenters. The number of amides is 1. The van der Waals surface area contributed by atoms with Crippen LogP contribution in [0.5, 0.6) is 5.75 Å². The molecule has 0 radical (unpaired) electrons. The molecule has 0 aromatic heterocycles. The minimum Gasteiger partial charge on any atom is -0.489 e. The molecule has 2 aliphatic rings. The third-order valence-corrected chi connectivity index (χ3v) is 5.07. The fourth-order valence-corrected chi connectivity index (χ4v) is 3.41. The number of nitrogens with zero attached hydrogens (tertiary/aromatic N) is 1. The number of carbonyl (C=O) groups excluding carboxylic acids is 1. The Labute approximate surface area is 178 Å². The van der Waals surface area contributed by atoms with Crippen molar-refractivity contribution in [1.29, 1.82) is 0 Å². The first kappa shape index (κ1) is 22.3. The molecule has 2 aromatic carbocycles. The molecule has 1 aliphatic carbocycles. The maximum atomic E-state index is 12.4. The fourth-order valence-electron chi connectivity index (χ4n) is 3.41. The van der Waals surface area contributed by atoms with E-state index in [0.29, 0.717) is 16.9 Å². The highest BCUT2D eigenvalue weighted by Crippen LogP contribution is 2.31. The van der Waals surface area contributed by atoms with Gasteiger partial charge in [0.2, 0.25) is 0 Å². The highest BCUT2D eigenvalue weighted by atomic mass is 35.5. The maximum absolute atomic E-state index is 12.4. The average molecular weight is 424 g/mol. The molecule has 1 heterocycles. The number of rotatable bonds is 6. The summed E-state index contributed by atoms with van der Waals surface area (Å²) < 4.78 is 6.09. The van der Waals surface area contributed by atoms with Gasteiger partial charge in [0.1, 0.15) is 11.9 Å². The van der Waals surface area contributed by atoms with Crippen LogP contribution in [0.3, 0.4) is 0 Å². The van der Waals surface area contributed by atoms with Crippen molar-refractivity contribution in [3.05, 3.63) is 54.1 Å². The average Bonchev–Trinajstić information content (AvgIpc) is 3.35. The van der Waals surface area contributed by atoms with E-state index >= 15 is 0 Å². The van der Waals surface area contributed by atoms with E-state index in [4.69, 9.17) is 10.5 Å². The van der Waals surface area contributed by atoms with Crippen molar-refractivity contribution in [3.8, 4) is 5.75 Å². The zero-order valence-corrected chi connectivity index (χ0v) is 17.3. The van der Waals surface area contributed by atoms with E-state index in [0.717, 1.165) is 31.2 Å². The SMILES string of the molecule is Cl.Cl.Nc1ccccc1NC(=O)c1ccc(O[C@@H]2CCN(CC3CC3)C2)cc1. The van der Waals surface area contributed by atoms with Crippen molar-refractivity contribution in [1.82, 2.24) is 4.90 Å². The van der Waals surface area contributed by atoms with E-state index in [1.807, 2.05) is 24.3 Å². The van der Waals surface area contributed by atoms with E-state index in [2.05, 4.69) is 10.2 Å². The third kappa shape index (κ3) is 5.77. The van der Waals surface area contributed by atoms with Crippen LogP contribution in [0.2, 0.25) is 0 Å². The van der Waals surface area contributed by atoms with Gasteiger partial charge in [0.25, 0.3) is 5.91 Å². The Morgan fingerprint density at radius 3 is 2.46 bits per heavy atom. The predicted octanol–water partition coefficient (Wildman–Crippen LogP) is 4.23. The zero-order chi connectivity index (χ0) is 17.9. The van der Waals surface area contributed by atoms with E-state index in [1.165, 1.54) is 19.4 Å². The summed E-state index contributed by atoms with van der Waals surface area (Å²) in [6.07, 6.45) is 4.10. The van der Waals surface area contributed by atoms with Gasteiger partial charge < -0.3 is 15.8 Å². The van der Waals surface area contributed by atoms with Crippen LogP contribution in [-0.4, -0.2) is 36.5 Å². The minimum atomic E-state index is -0.175. The summed E-state index contributed by atoms with van der Waals surface area (Å²) in [7, 11) is 0. The number of hydrogen-bond donors (Lipinski definition) is 2. The van der Waals surface area contributed by atoms with E-state index in [-0.39, 0.29) is 36.8 Å². The quantitative estimate of drug-likeness (QED) is 0.682. The molecule has 2 fully saturated rings. The molecule has 1 saturated heterocycles. The Balaban J connectivity index is 0.00000140. The molecule has 0 unspecified atom stereocenters. The molecule has 0 bridgehead atoms. The Kier molecular flexibility index (Phi) is 7.98. The molecule has 152 valence electrons. The summed E-state index contributed by atoms with van der Waals surface area (Å²) >= 11 is 0. The summed E-state index contributed by atoms with van der Waals surface area (Å²) in [5.74, 6) is 1.56. The number of nitrogens with one attached hydrogen (secondary N) is 1. The van der Waals surface area contributed by atoms with Crippen LogP contribution in [0, 0.1) is 5.92 Å². The lowest BCUT2D eigenvalue weighted by Gasteiger charge is -2.16. The number of carbonyl (C=O) groups is 1. The van der Waals surface area contributed by atoms with Crippen LogP contribution in [0.4, 0.5) is 11.4 Å². The van der Waals surface area contributed by atoms with E-state index in [1.54, 1.807) is 24.3 Å². The second kappa shape index (κ2) is 10.0. The molecule has 3 N–H and O–H groups in total. The van der Waals surface area contributed by atoms with Crippen LogP contribution in [0.25, 0.3) is 0 Å². The summed E-state index contributed by atoms with van der Waals surface area (Å²) in [5.41, 5.74) is 7.63. The molecule has 1 amide bonds. The van der Waals surface area contributed by atoms with E-state index < -0.39 is 0 Å². The van der Waals surface area contributed by atoms with Crippen molar-refractivity contribution in [2.24, 2.45) is 5.92 Å². The second-order valence-electron chi connectivity index (χ2n) is 7.30. The van der Waals surface area contributed by atoms with Crippen LogP contribution < -0.4 is 15.8 Å². The van der Waals surface area contributed by atoms with Gasteiger partial charge in [-0.2, -0.15) is 0 Å². The monoisotopic (exact) mass is 423 g/mol. The lowest BCUT2D eigenvalue weighted by Crippen LogP contribution is -2.26. The standard InChI is InChI=1S/C21H25N3O2.2ClH/c22-19-3-1-2-4-20(19)23-21(25)16-7-9-17(10-8-16)26-18-11-12-24(14-18)13-15-5-6-15;;/h1-4,7-10,15,18H,5-6,11-14,22H2,(H,23,25);2*1H/t18-;;/m1../s1. The van der Waals surface area contributed by atoms with Gasteiger partial charge in [-0.3, -0.25) is 9.69 Å². The number of halogens is 2. The maximum Gasteiger partial charge on any atom is 0.255 e. The first-order chi connectivity index (χ1) is 12.7. The topological polar surface area (TPSA) is 67.6 Å². The number of nitrogens with two attached hydrogens (primary N) is 1. The Hall–Kier alpha value is -1.95. The van der Waals surface area contributed by atoms with Crippen LogP contribution >= 0.6 is 24.8 Å². The van der Waals surface area contributed by atoms with Gasteiger partial charge >= 0.3 is 0 Å². The molecule has 7 heteroatoms. The van der Waals surface area contributed by atoms with Gasteiger partial charge in [0, 0.05) is 25.2 Å². The third-order valence-electron chi connectivity index (χ3n) is 5.07. The van der Waals surface area contributed by atoms with Gasteiger partial charge in [-0.05, 0) is 61.6 Å². The number of ether oxygens (including phenoxy) is 1. The second-order valence-corrected chi connectivity index (χ2v) is 7.30. The van der Waals surface area contributed by atoms with Crippen LogP contribution in [0.15, 0.2) is 48.5 Å². The Morgan fingerprint density at radius 1 is 1.07 bits per heavy atom. The summed E-state index contributed by atoms with van der Waals surface area (Å²) in [6, 6.07) is 14.6. The Bertz CT molecular complexity index is 781. The number of anilines is 2. The van der Waals surface area contributed by atoms with Crippen molar-refractivity contribution in [2.75, 3.05) is 30.7 Å². The summed E-state index contributed by atoms with van der Waals surface area (Å²) in [5, 5.41) is 2.84. The minimum absolute atomic E-state index is 0. The fraction of sp³-hybridized carbons (Fsp3) is 0.381. The van der Waals surface area contributed by atoms with Gasteiger partial charge in [-0.1, -0.05) is 12.1 Å². The number of benzene rings is 2. The number of para-hydroxylation sites is 2. The molecule has 0 spiro atoms. The largest absolute Gasteiger partial charge is 0.489 e. The smallest absolute Gasteiger partial charge is 0.255 e. The zero-order valence-electron chi connectivity index (χ0n) is 15.7. The first-order valence-electron chi connectivity index (χ1n) is 9.32. The van der Waals surface area contributed by atoms with Crippen LogP contribution in [-0.2, 0) is 0 Å². The van der Waals surface area contributed by atoms with E-state index in [9.17, 15) is 4.79 Å². The Morgan fingerprint density at radius 2 is 1.79 bits per heavy atom. The molecule has 2 aromatic rings. The van der Waals surface area contributed by atoms with Crippen molar-refractivity contribution in [3.63, 3.8) is 0 Å². The van der Waals surface area contributed by atoms with Crippen molar-refractivity contribution in [2.45, 2.75) is 25.4 Å².